The molecule has 126 valence electrons. The third-order valence-electron chi connectivity index (χ3n) is 4.05. The number of aromatic nitrogens is 1. The van der Waals surface area contributed by atoms with Crippen molar-refractivity contribution in [2.24, 2.45) is 0 Å². The number of para-hydroxylation sites is 1. The molecule has 1 aliphatic heterocycles. The largest absolute Gasteiger partial charge is 0.488 e. The molecular weight excluding hydrogens is 339 g/mol. The first kappa shape index (κ1) is 15.8. The highest BCUT2D eigenvalue weighted by molar-refractivity contribution is 7.13. The summed E-state index contributed by atoms with van der Waals surface area (Å²) in [6, 6.07) is 14.3. The van der Waals surface area contributed by atoms with E-state index in [0.717, 1.165) is 17.7 Å². The van der Waals surface area contributed by atoms with Crippen LogP contribution in [0.2, 0.25) is 0 Å². The van der Waals surface area contributed by atoms with Crippen molar-refractivity contribution >= 4 is 17.2 Å². The Kier molecular flexibility index (Phi) is 4.19. The predicted octanol–water partition coefficient (Wildman–Crippen LogP) is 3.68. The summed E-state index contributed by atoms with van der Waals surface area (Å²) in [5.74, 6) is 0.247. The van der Waals surface area contributed by atoms with Crippen LogP contribution in [0.25, 0.3) is 10.6 Å². The van der Waals surface area contributed by atoms with Crippen LogP contribution in [0.5, 0.6) is 5.75 Å². The number of ether oxygens (including phenoxy) is 1. The van der Waals surface area contributed by atoms with Crippen LogP contribution in [0, 0.1) is 5.82 Å². The van der Waals surface area contributed by atoms with Crippen LogP contribution in [0.15, 0.2) is 53.9 Å². The fourth-order valence-electron chi connectivity index (χ4n) is 2.80. The lowest BCUT2D eigenvalue weighted by Crippen LogP contribution is -2.34. The van der Waals surface area contributed by atoms with Gasteiger partial charge in [0.15, 0.2) is 0 Å². The van der Waals surface area contributed by atoms with Crippen LogP contribution in [0.3, 0.4) is 0 Å². The molecule has 0 saturated carbocycles. The van der Waals surface area contributed by atoms with Crippen LogP contribution in [-0.2, 0) is 6.42 Å². The van der Waals surface area contributed by atoms with E-state index in [1.165, 1.54) is 17.4 Å². The van der Waals surface area contributed by atoms with Gasteiger partial charge in [0.1, 0.15) is 28.4 Å². The summed E-state index contributed by atoms with van der Waals surface area (Å²) in [5.41, 5.74) is 1.84. The Morgan fingerprint density at radius 2 is 2.04 bits per heavy atom. The number of halogens is 1. The highest BCUT2D eigenvalue weighted by atomic mass is 32.1. The minimum absolute atomic E-state index is 0.0778. The Balaban J connectivity index is 1.39. The summed E-state index contributed by atoms with van der Waals surface area (Å²) in [7, 11) is 0. The van der Waals surface area contributed by atoms with Crippen LogP contribution in [0.1, 0.15) is 16.1 Å². The van der Waals surface area contributed by atoms with E-state index in [0.29, 0.717) is 22.8 Å². The molecule has 0 radical (unpaired) electrons. The van der Waals surface area contributed by atoms with Crippen molar-refractivity contribution in [1.82, 2.24) is 10.3 Å². The Bertz CT molecular complexity index is 900. The van der Waals surface area contributed by atoms with E-state index in [1.54, 1.807) is 23.6 Å². The zero-order valence-electron chi connectivity index (χ0n) is 13.2. The number of hydrogen-bond donors (Lipinski definition) is 1. The van der Waals surface area contributed by atoms with Crippen molar-refractivity contribution in [3.05, 3.63) is 71.0 Å². The Morgan fingerprint density at radius 1 is 1.24 bits per heavy atom. The summed E-state index contributed by atoms with van der Waals surface area (Å²) in [4.78, 5) is 16.5. The number of amides is 1. The number of carbonyl (C=O) groups is 1. The molecule has 1 aliphatic rings. The lowest BCUT2D eigenvalue weighted by molar-refractivity contribution is 0.0929. The maximum atomic E-state index is 13.8. The fraction of sp³-hybridized carbons (Fsp3) is 0.158. The lowest BCUT2D eigenvalue weighted by Gasteiger charge is -2.11. The molecule has 1 aromatic heterocycles. The highest BCUT2D eigenvalue weighted by Crippen LogP contribution is 2.28. The number of nitrogens with one attached hydrogen (secondary N) is 1. The first-order valence-corrected chi connectivity index (χ1v) is 8.82. The molecule has 25 heavy (non-hydrogen) atoms. The highest BCUT2D eigenvalue weighted by Gasteiger charge is 2.23. The summed E-state index contributed by atoms with van der Waals surface area (Å²) in [6.45, 7) is 0.403. The van der Waals surface area contributed by atoms with Gasteiger partial charge in [-0.1, -0.05) is 30.3 Å². The summed E-state index contributed by atoms with van der Waals surface area (Å²) >= 11 is 1.25. The Morgan fingerprint density at radius 3 is 2.88 bits per heavy atom. The van der Waals surface area contributed by atoms with Gasteiger partial charge in [-0.05, 0) is 23.8 Å². The first-order chi connectivity index (χ1) is 12.2. The molecule has 0 aliphatic carbocycles. The van der Waals surface area contributed by atoms with Crippen LogP contribution in [0.4, 0.5) is 4.39 Å². The number of thiazole rings is 1. The lowest BCUT2D eigenvalue weighted by atomic mass is 10.1. The number of rotatable bonds is 4. The van der Waals surface area contributed by atoms with Crippen molar-refractivity contribution in [3.63, 3.8) is 0 Å². The number of fused-ring (bicyclic) bond motifs is 1. The minimum atomic E-state index is -0.346. The standard InChI is InChI=1S/C19H15FN2O2S/c20-15-7-3-2-6-14(15)19-22-16(11-25-19)18(23)21-10-13-9-12-5-1-4-8-17(12)24-13/h1-8,11,13H,9-10H2,(H,21,23). The van der Waals surface area contributed by atoms with Gasteiger partial charge in [-0.15, -0.1) is 11.3 Å². The molecule has 1 atom stereocenters. The Labute approximate surface area is 148 Å². The average molecular weight is 354 g/mol. The van der Waals surface area contributed by atoms with Gasteiger partial charge in [-0.25, -0.2) is 9.37 Å². The molecule has 1 unspecified atom stereocenters. The maximum Gasteiger partial charge on any atom is 0.270 e. The SMILES string of the molecule is O=C(NCC1Cc2ccccc2O1)c1csc(-c2ccccc2F)n1. The summed E-state index contributed by atoms with van der Waals surface area (Å²) < 4.78 is 19.6. The minimum Gasteiger partial charge on any atom is -0.488 e. The van der Waals surface area contributed by atoms with Crippen LogP contribution < -0.4 is 10.1 Å². The topological polar surface area (TPSA) is 51.2 Å². The molecule has 4 nitrogen and oxygen atoms in total. The molecule has 4 rings (SSSR count). The molecule has 0 fully saturated rings. The van der Waals surface area contributed by atoms with Gasteiger partial charge < -0.3 is 10.1 Å². The molecule has 1 amide bonds. The third-order valence-corrected chi connectivity index (χ3v) is 4.92. The number of hydrogen-bond acceptors (Lipinski definition) is 4. The van der Waals surface area contributed by atoms with Crippen molar-refractivity contribution < 1.29 is 13.9 Å². The van der Waals surface area contributed by atoms with E-state index >= 15 is 0 Å². The molecule has 2 heterocycles. The van der Waals surface area contributed by atoms with Crippen LogP contribution in [-0.4, -0.2) is 23.5 Å². The van der Waals surface area contributed by atoms with Gasteiger partial charge in [0, 0.05) is 17.4 Å². The fourth-order valence-corrected chi connectivity index (χ4v) is 3.63. The van der Waals surface area contributed by atoms with E-state index in [1.807, 2.05) is 24.3 Å². The van der Waals surface area contributed by atoms with Crippen molar-refractivity contribution in [1.29, 1.82) is 0 Å². The van der Waals surface area contributed by atoms with Gasteiger partial charge in [0.2, 0.25) is 0 Å². The second kappa shape index (κ2) is 6.64. The third kappa shape index (κ3) is 3.25. The zero-order valence-corrected chi connectivity index (χ0v) is 14.1. The quantitative estimate of drug-likeness (QED) is 0.778. The van der Waals surface area contributed by atoms with Gasteiger partial charge in [-0.2, -0.15) is 0 Å². The van der Waals surface area contributed by atoms with Gasteiger partial charge in [0.25, 0.3) is 5.91 Å². The number of benzene rings is 2. The number of carbonyl (C=O) groups excluding carboxylic acids is 1. The smallest absolute Gasteiger partial charge is 0.270 e. The van der Waals surface area contributed by atoms with E-state index in [-0.39, 0.29) is 17.8 Å². The maximum absolute atomic E-state index is 13.8. The normalized spacial score (nSPS) is 15.5. The molecule has 1 N–H and O–H groups in total. The van der Waals surface area contributed by atoms with Gasteiger partial charge in [-0.3, -0.25) is 4.79 Å². The summed E-state index contributed by atoms with van der Waals surface area (Å²) in [5, 5.41) is 4.98. The van der Waals surface area contributed by atoms with Crippen molar-refractivity contribution in [3.8, 4) is 16.3 Å². The van der Waals surface area contributed by atoms with Crippen molar-refractivity contribution in [2.45, 2.75) is 12.5 Å². The van der Waals surface area contributed by atoms with Crippen molar-refractivity contribution in [2.75, 3.05) is 6.54 Å². The molecule has 6 heteroatoms. The first-order valence-electron chi connectivity index (χ1n) is 7.94. The average Bonchev–Trinajstić information content (AvgIpc) is 3.27. The molecule has 0 spiro atoms. The molecular formula is C19H15FN2O2S. The summed E-state index contributed by atoms with van der Waals surface area (Å²) in [6.07, 6.45) is 0.694. The Hall–Kier alpha value is -2.73. The molecule has 2 aromatic carbocycles. The van der Waals surface area contributed by atoms with Gasteiger partial charge >= 0.3 is 0 Å². The molecule has 0 saturated heterocycles. The van der Waals surface area contributed by atoms with Gasteiger partial charge in [0.05, 0.1) is 6.54 Å². The molecule has 3 aromatic rings. The van der Waals surface area contributed by atoms with E-state index in [9.17, 15) is 9.18 Å². The monoisotopic (exact) mass is 354 g/mol. The number of nitrogens with zero attached hydrogens (tertiary/aromatic N) is 1. The molecule has 0 bridgehead atoms. The van der Waals surface area contributed by atoms with Crippen LogP contribution >= 0.6 is 11.3 Å². The van der Waals surface area contributed by atoms with E-state index in [4.69, 9.17) is 4.74 Å². The predicted molar refractivity (Wildman–Crippen MR) is 94.4 cm³/mol. The second-order valence-corrected chi connectivity index (χ2v) is 6.64. The second-order valence-electron chi connectivity index (χ2n) is 5.78. The van der Waals surface area contributed by atoms with E-state index in [2.05, 4.69) is 10.3 Å². The van der Waals surface area contributed by atoms with E-state index < -0.39 is 0 Å². The zero-order chi connectivity index (χ0) is 17.2.